The number of carboxylic acid groups (broad SMARTS) is 2. The molecular weight excluding hydrogens is 595 g/mol. The number of halogens is 3. The highest BCUT2D eigenvalue weighted by Crippen LogP contribution is 2.33. The summed E-state index contributed by atoms with van der Waals surface area (Å²) in [4.78, 5) is 34.1. The van der Waals surface area contributed by atoms with E-state index in [0.29, 0.717) is 39.3 Å². The number of anilines is 1. The van der Waals surface area contributed by atoms with E-state index in [0.717, 1.165) is 16.8 Å². The molecule has 0 saturated heterocycles. The van der Waals surface area contributed by atoms with Crippen molar-refractivity contribution in [3.63, 3.8) is 0 Å². The minimum absolute atomic E-state index is 0.126. The smallest absolute Gasteiger partial charge is 0.490 e. The molecule has 0 fully saturated rings. The van der Waals surface area contributed by atoms with E-state index in [4.69, 9.17) is 19.1 Å². The Morgan fingerprint density at radius 3 is 2.38 bits per heavy atom. The summed E-state index contributed by atoms with van der Waals surface area (Å²) in [5.41, 5.74) is 4.57. The van der Waals surface area contributed by atoms with Crippen LogP contribution in [-0.2, 0) is 4.79 Å². The number of aromatic nitrogens is 2. The van der Waals surface area contributed by atoms with E-state index in [2.05, 4.69) is 10.4 Å². The minimum atomic E-state index is -5.08. The third-order valence-electron chi connectivity index (χ3n) is 6.79. The van der Waals surface area contributed by atoms with Crippen LogP contribution in [0.2, 0.25) is 0 Å². The fourth-order valence-corrected chi connectivity index (χ4v) is 4.61. The molecule has 3 aromatic carbocycles. The number of para-hydroxylation sites is 1. The van der Waals surface area contributed by atoms with Crippen LogP contribution in [0.15, 0.2) is 82.3 Å². The standard InChI is InChI=1S/C30H27N3O5.C2HF3O2/c1-17-12-24(19(3)32-26-11-6-5-10-23(26)30(35)36)29-25(13-17)27(34)18(2)28(38-29)20-15-31-33(16-20)21-8-7-9-22(14-21)37-4;3-2(4,5)1(6)7/h5-16,19,32H,1-4H3,(H,35,36);(H,6,7). The Morgan fingerprint density at radius 2 is 1.73 bits per heavy atom. The number of fused-ring (bicyclic) bond motifs is 1. The van der Waals surface area contributed by atoms with Crippen molar-refractivity contribution in [2.45, 2.75) is 33.0 Å². The number of nitrogens with zero attached hydrogens (tertiary/aromatic N) is 2. The fraction of sp³-hybridized carbons (Fsp3) is 0.188. The quantitative estimate of drug-likeness (QED) is 0.179. The second-order valence-corrected chi connectivity index (χ2v) is 10.0. The molecule has 13 heteroatoms. The number of ether oxygens (including phenoxy) is 1. The summed E-state index contributed by atoms with van der Waals surface area (Å²) in [5, 5.41) is 25.0. The number of benzene rings is 3. The third kappa shape index (κ3) is 7.15. The third-order valence-corrected chi connectivity index (χ3v) is 6.79. The van der Waals surface area contributed by atoms with Gasteiger partial charge in [-0.1, -0.05) is 24.3 Å². The minimum Gasteiger partial charge on any atom is -0.497 e. The van der Waals surface area contributed by atoms with Crippen LogP contribution in [0.25, 0.3) is 28.0 Å². The van der Waals surface area contributed by atoms with Crippen molar-refractivity contribution in [3.05, 3.63) is 106 Å². The lowest BCUT2D eigenvalue weighted by molar-refractivity contribution is -0.192. The number of alkyl halides is 3. The van der Waals surface area contributed by atoms with Crippen LogP contribution >= 0.6 is 0 Å². The number of hydrogen-bond donors (Lipinski definition) is 3. The number of methoxy groups -OCH3 is 1. The van der Waals surface area contributed by atoms with Gasteiger partial charge in [-0.3, -0.25) is 4.79 Å². The van der Waals surface area contributed by atoms with Gasteiger partial charge >= 0.3 is 18.1 Å². The van der Waals surface area contributed by atoms with Crippen LogP contribution in [0.4, 0.5) is 18.9 Å². The molecule has 0 aliphatic rings. The Hall–Kier alpha value is -5.59. The first-order valence-corrected chi connectivity index (χ1v) is 13.4. The Balaban J connectivity index is 0.000000591. The molecule has 2 heterocycles. The number of aromatic carboxylic acids is 1. The molecule has 0 aliphatic heterocycles. The van der Waals surface area contributed by atoms with Gasteiger partial charge in [0.2, 0.25) is 0 Å². The lowest BCUT2D eigenvalue weighted by atomic mass is 9.99. The number of carbonyl (C=O) groups is 2. The Morgan fingerprint density at radius 1 is 1.04 bits per heavy atom. The van der Waals surface area contributed by atoms with Crippen molar-refractivity contribution in [2.24, 2.45) is 0 Å². The van der Waals surface area contributed by atoms with Gasteiger partial charge in [0, 0.05) is 29.1 Å². The summed E-state index contributed by atoms with van der Waals surface area (Å²) in [6.07, 6.45) is -1.61. The average Bonchev–Trinajstić information content (AvgIpc) is 3.49. The van der Waals surface area contributed by atoms with Gasteiger partial charge in [-0.05, 0) is 56.7 Å². The summed E-state index contributed by atoms with van der Waals surface area (Å²) < 4.78 is 45.2. The number of aryl methyl sites for hydroxylation is 1. The zero-order valence-corrected chi connectivity index (χ0v) is 24.5. The van der Waals surface area contributed by atoms with Crippen LogP contribution in [0.3, 0.4) is 0 Å². The molecule has 0 amide bonds. The van der Waals surface area contributed by atoms with Gasteiger partial charge in [0.05, 0.1) is 41.5 Å². The summed E-state index contributed by atoms with van der Waals surface area (Å²) in [6.45, 7) is 5.57. The van der Waals surface area contributed by atoms with Gasteiger partial charge in [0.1, 0.15) is 17.1 Å². The van der Waals surface area contributed by atoms with Crippen molar-refractivity contribution >= 4 is 28.6 Å². The number of rotatable bonds is 7. The predicted octanol–water partition coefficient (Wildman–Crippen LogP) is 6.78. The molecule has 0 aliphatic carbocycles. The molecule has 0 saturated carbocycles. The number of nitrogens with one attached hydrogen (secondary N) is 1. The molecule has 1 unspecified atom stereocenters. The number of hydrogen-bond acceptors (Lipinski definition) is 7. The summed E-state index contributed by atoms with van der Waals surface area (Å²) in [5.74, 6) is -2.64. The summed E-state index contributed by atoms with van der Waals surface area (Å²) >= 11 is 0. The van der Waals surface area contributed by atoms with Crippen LogP contribution in [0.1, 0.15) is 40.0 Å². The van der Waals surface area contributed by atoms with Gasteiger partial charge in [-0.15, -0.1) is 0 Å². The van der Waals surface area contributed by atoms with Crippen LogP contribution in [0.5, 0.6) is 5.75 Å². The monoisotopic (exact) mass is 623 g/mol. The number of carboxylic acids is 2. The van der Waals surface area contributed by atoms with E-state index >= 15 is 0 Å². The normalized spacial score (nSPS) is 11.8. The van der Waals surface area contributed by atoms with Crippen molar-refractivity contribution < 1.29 is 42.1 Å². The molecular formula is C32H28F3N3O7. The van der Waals surface area contributed by atoms with E-state index in [1.807, 2.05) is 56.4 Å². The highest BCUT2D eigenvalue weighted by Gasteiger charge is 2.38. The predicted molar refractivity (Wildman–Crippen MR) is 160 cm³/mol. The molecule has 3 N–H and O–H groups in total. The molecule has 0 radical (unpaired) electrons. The van der Waals surface area contributed by atoms with Gasteiger partial charge in [-0.25, -0.2) is 14.3 Å². The van der Waals surface area contributed by atoms with Crippen molar-refractivity contribution in [3.8, 4) is 22.8 Å². The Kier molecular flexibility index (Phi) is 9.31. The highest BCUT2D eigenvalue weighted by atomic mass is 19.4. The van der Waals surface area contributed by atoms with Crippen LogP contribution < -0.4 is 15.5 Å². The molecule has 0 bridgehead atoms. The van der Waals surface area contributed by atoms with Gasteiger partial charge < -0.3 is 24.7 Å². The fourth-order valence-electron chi connectivity index (χ4n) is 4.61. The molecule has 0 spiro atoms. The molecule has 45 heavy (non-hydrogen) atoms. The van der Waals surface area contributed by atoms with Gasteiger partial charge in [0.15, 0.2) is 5.43 Å². The molecule has 1 atom stereocenters. The topological polar surface area (TPSA) is 144 Å². The van der Waals surface area contributed by atoms with Crippen LogP contribution in [0, 0.1) is 13.8 Å². The van der Waals surface area contributed by atoms with E-state index in [1.54, 1.807) is 49.2 Å². The molecule has 234 valence electrons. The SMILES string of the molecule is COc1cccc(-n2cc(-c3oc4c(C(C)Nc5ccccc5C(=O)O)cc(C)cc4c(=O)c3C)cn2)c1.O=C(O)C(F)(F)F. The Labute approximate surface area is 254 Å². The largest absolute Gasteiger partial charge is 0.497 e. The first-order valence-electron chi connectivity index (χ1n) is 13.4. The lowest BCUT2D eigenvalue weighted by Crippen LogP contribution is -2.21. The van der Waals surface area contributed by atoms with E-state index < -0.39 is 18.1 Å². The summed E-state index contributed by atoms with van der Waals surface area (Å²) in [7, 11) is 1.61. The Bertz CT molecular complexity index is 1950. The second kappa shape index (κ2) is 13.0. The maximum Gasteiger partial charge on any atom is 0.490 e. The van der Waals surface area contributed by atoms with Crippen molar-refractivity contribution in [2.75, 3.05) is 12.4 Å². The maximum atomic E-state index is 13.5. The zero-order chi connectivity index (χ0) is 33.1. The lowest BCUT2D eigenvalue weighted by Gasteiger charge is -2.19. The van der Waals surface area contributed by atoms with Crippen molar-refractivity contribution in [1.82, 2.24) is 9.78 Å². The second-order valence-electron chi connectivity index (χ2n) is 10.0. The van der Waals surface area contributed by atoms with E-state index in [1.165, 1.54) is 0 Å². The highest BCUT2D eigenvalue weighted by molar-refractivity contribution is 5.94. The summed E-state index contributed by atoms with van der Waals surface area (Å²) in [6, 6.07) is 17.6. The van der Waals surface area contributed by atoms with E-state index in [-0.39, 0.29) is 17.0 Å². The molecule has 10 nitrogen and oxygen atoms in total. The van der Waals surface area contributed by atoms with Crippen molar-refractivity contribution in [1.29, 1.82) is 0 Å². The van der Waals surface area contributed by atoms with Gasteiger partial charge in [0.25, 0.3) is 0 Å². The first-order chi connectivity index (χ1) is 21.2. The maximum absolute atomic E-state index is 13.5. The molecule has 5 aromatic rings. The van der Waals surface area contributed by atoms with Gasteiger partial charge in [-0.2, -0.15) is 18.3 Å². The molecule has 5 rings (SSSR count). The van der Waals surface area contributed by atoms with E-state index in [9.17, 15) is 27.9 Å². The van der Waals surface area contributed by atoms with Crippen LogP contribution in [-0.4, -0.2) is 45.2 Å². The zero-order valence-electron chi connectivity index (χ0n) is 24.5. The average molecular weight is 624 g/mol. The number of aliphatic carboxylic acids is 1. The molecule has 2 aromatic heterocycles. The first kappa shape index (κ1) is 32.3.